The van der Waals surface area contributed by atoms with Crippen molar-refractivity contribution in [1.29, 1.82) is 0 Å². The molecule has 0 unspecified atom stereocenters. The molecule has 0 N–H and O–H groups in total. The zero-order valence-corrected chi connectivity index (χ0v) is 12.6. The van der Waals surface area contributed by atoms with Crippen molar-refractivity contribution in [3.63, 3.8) is 0 Å². The smallest absolute Gasteiger partial charge is 0.203 e. The minimum absolute atomic E-state index is 0.577. The van der Waals surface area contributed by atoms with Crippen LogP contribution in [0.4, 0.5) is 0 Å². The lowest BCUT2D eigenvalue weighted by molar-refractivity contribution is -0.0487. The lowest BCUT2D eigenvalue weighted by Gasteiger charge is -2.18. The van der Waals surface area contributed by atoms with Crippen LogP contribution >= 0.6 is 0 Å². The normalized spacial score (nSPS) is 13.9. The monoisotopic (exact) mass is 289 g/mol. The summed E-state index contributed by atoms with van der Waals surface area (Å²) in [7, 11) is 6.60. The molecule has 0 spiro atoms. The number of hydrogen-bond acceptors (Lipinski definition) is 5. The molecule has 0 fully saturated rings. The van der Waals surface area contributed by atoms with Crippen molar-refractivity contribution in [3.8, 4) is 17.2 Å². The number of rotatable bonds is 5. The van der Waals surface area contributed by atoms with Crippen molar-refractivity contribution in [2.24, 2.45) is 0 Å². The van der Waals surface area contributed by atoms with Crippen molar-refractivity contribution in [1.82, 2.24) is 5.06 Å². The maximum absolute atomic E-state index is 5.50. The summed E-state index contributed by atoms with van der Waals surface area (Å²) >= 11 is 0. The number of allylic oxidation sites excluding steroid dienone is 3. The Kier molecular flexibility index (Phi) is 4.77. The topological polar surface area (TPSA) is 40.2 Å². The van der Waals surface area contributed by atoms with Crippen LogP contribution in [0.15, 0.2) is 42.3 Å². The summed E-state index contributed by atoms with van der Waals surface area (Å²) < 4.78 is 15.9. The second kappa shape index (κ2) is 6.74. The van der Waals surface area contributed by atoms with Gasteiger partial charge in [-0.2, -0.15) is 0 Å². The van der Waals surface area contributed by atoms with Crippen LogP contribution in [-0.4, -0.2) is 33.4 Å². The lowest BCUT2D eigenvalue weighted by atomic mass is 10.1. The molecule has 1 aromatic rings. The minimum atomic E-state index is 0.577. The predicted molar refractivity (Wildman–Crippen MR) is 81.2 cm³/mol. The van der Waals surface area contributed by atoms with Crippen LogP contribution in [0.1, 0.15) is 5.56 Å². The Balaban J connectivity index is 2.28. The highest BCUT2D eigenvalue weighted by atomic mass is 16.7. The van der Waals surface area contributed by atoms with E-state index in [0.717, 1.165) is 11.3 Å². The highest BCUT2D eigenvalue weighted by molar-refractivity contribution is 5.63. The first kappa shape index (κ1) is 14.8. The lowest BCUT2D eigenvalue weighted by Crippen LogP contribution is -2.12. The zero-order valence-electron chi connectivity index (χ0n) is 12.6. The fraction of sp³-hybridized carbons (Fsp3) is 0.250. The molecular formula is C16H19NO4. The molecule has 1 aromatic carbocycles. The minimum Gasteiger partial charge on any atom is -0.493 e. The maximum Gasteiger partial charge on any atom is 0.203 e. The van der Waals surface area contributed by atoms with Crippen LogP contribution in [0.5, 0.6) is 17.2 Å². The molecule has 0 atom stereocenters. The summed E-state index contributed by atoms with van der Waals surface area (Å²) in [6.45, 7) is 0. The predicted octanol–water partition coefficient (Wildman–Crippen LogP) is 3.00. The van der Waals surface area contributed by atoms with E-state index in [2.05, 4.69) is 0 Å². The number of ether oxygens (including phenoxy) is 3. The summed E-state index contributed by atoms with van der Waals surface area (Å²) in [6, 6.07) is 3.75. The first-order valence-electron chi connectivity index (χ1n) is 6.45. The molecule has 5 nitrogen and oxygen atoms in total. The van der Waals surface area contributed by atoms with Gasteiger partial charge in [0, 0.05) is 13.2 Å². The van der Waals surface area contributed by atoms with Gasteiger partial charge in [0.25, 0.3) is 0 Å². The van der Waals surface area contributed by atoms with Gasteiger partial charge in [0.2, 0.25) is 5.75 Å². The van der Waals surface area contributed by atoms with Crippen LogP contribution in [0.2, 0.25) is 0 Å². The number of hydroxylamine groups is 2. The Morgan fingerprint density at radius 3 is 2.19 bits per heavy atom. The number of hydrogen-bond donors (Lipinski definition) is 0. The third-order valence-corrected chi connectivity index (χ3v) is 2.93. The maximum atomic E-state index is 5.50. The Bertz CT molecular complexity index is 565. The summed E-state index contributed by atoms with van der Waals surface area (Å²) in [5.41, 5.74) is 0.922. The largest absolute Gasteiger partial charge is 0.493 e. The average molecular weight is 289 g/mol. The van der Waals surface area contributed by atoms with Crippen molar-refractivity contribution >= 4 is 6.08 Å². The molecule has 0 bridgehead atoms. The summed E-state index contributed by atoms with van der Waals surface area (Å²) in [5, 5.41) is 1.63. The van der Waals surface area contributed by atoms with E-state index in [-0.39, 0.29) is 0 Å². The van der Waals surface area contributed by atoms with E-state index in [1.807, 2.05) is 49.7 Å². The zero-order chi connectivity index (χ0) is 15.2. The van der Waals surface area contributed by atoms with Crippen LogP contribution in [0, 0.1) is 0 Å². The van der Waals surface area contributed by atoms with Gasteiger partial charge in [0.1, 0.15) is 0 Å². The van der Waals surface area contributed by atoms with Gasteiger partial charge >= 0.3 is 0 Å². The van der Waals surface area contributed by atoms with Crippen molar-refractivity contribution in [2.75, 3.05) is 28.4 Å². The van der Waals surface area contributed by atoms with E-state index in [9.17, 15) is 0 Å². The molecule has 0 saturated heterocycles. The SMILES string of the molecule is COc1cc(/C=C\C2=CC=CN(C)O2)cc(OC)c1OC. The molecule has 0 radical (unpaired) electrons. The van der Waals surface area contributed by atoms with Gasteiger partial charge in [-0.15, -0.1) is 0 Å². The molecule has 0 saturated carbocycles. The third kappa shape index (κ3) is 3.51. The van der Waals surface area contributed by atoms with Crippen LogP contribution in [0.25, 0.3) is 6.08 Å². The van der Waals surface area contributed by atoms with E-state index >= 15 is 0 Å². The number of nitrogens with zero attached hydrogens (tertiary/aromatic N) is 1. The van der Waals surface area contributed by atoms with Gasteiger partial charge < -0.3 is 19.0 Å². The summed E-state index contributed by atoms with van der Waals surface area (Å²) in [5.74, 6) is 2.56. The van der Waals surface area contributed by atoms with Crippen LogP contribution in [0.3, 0.4) is 0 Å². The van der Waals surface area contributed by atoms with Gasteiger partial charge in [-0.25, -0.2) is 5.06 Å². The molecule has 112 valence electrons. The van der Waals surface area contributed by atoms with Crippen molar-refractivity contribution in [3.05, 3.63) is 47.9 Å². The van der Waals surface area contributed by atoms with Gasteiger partial charge in [-0.05, 0) is 35.9 Å². The molecule has 1 heterocycles. The molecular weight excluding hydrogens is 270 g/mol. The second-order valence-electron chi connectivity index (χ2n) is 4.34. The number of benzene rings is 1. The quantitative estimate of drug-likeness (QED) is 0.833. The van der Waals surface area contributed by atoms with E-state index in [0.29, 0.717) is 17.2 Å². The highest BCUT2D eigenvalue weighted by Crippen LogP contribution is 2.38. The fourth-order valence-electron chi connectivity index (χ4n) is 1.95. The van der Waals surface area contributed by atoms with Crippen LogP contribution < -0.4 is 14.2 Å². The first-order valence-corrected chi connectivity index (χ1v) is 6.45. The molecule has 5 heteroatoms. The first-order chi connectivity index (χ1) is 10.2. The molecule has 0 aliphatic carbocycles. The van der Waals surface area contributed by atoms with Gasteiger partial charge in [0.15, 0.2) is 17.3 Å². The Labute approximate surface area is 124 Å². The highest BCUT2D eigenvalue weighted by Gasteiger charge is 2.12. The summed E-state index contributed by atoms with van der Waals surface area (Å²) in [6.07, 6.45) is 9.42. The fourth-order valence-corrected chi connectivity index (χ4v) is 1.95. The Morgan fingerprint density at radius 2 is 1.67 bits per heavy atom. The van der Waals surface area contributed by atoms with Crippen LogP contribution in [-0.2, 0) is 4.84 Å². The van der Waals surface area contributed by atoms with Gasteiger partial charge in [0.05, 0.1) is 21.3 Å². The number of methoxy groups -OCH3 is 3. The molecule has 1 aliphatic rings. The average Bonchev–Trinajstić information content (AvgIpc) is 2.51. The van der Waals surface area contributed by atoms with E-state index in [1.165, 1.54) is 0 Å². The Morgan fingerprint density at radius 1 is 1.00 bits per heavy atom. The van der Waals surface area contributed by atoms with Gasteiger partial charge in [-0.3, -0.25) is 0 Å². The van der Waals surface area contributed by atoms with Crippen molar-refractivity contribution in [2.45, 2.75) is 0 Å². The molecule has 2 rings (SSSR count). The molecule has 21 heavy (non-hydrogen) atoms. The van der Waals surface area contributed by atoms with E-state index in [1.54, 1.807) is 26.4 Å². The van der Waals surface area contributed by atoms with E-state index < -0.39 is 0 Å². The summed E-state index contributed by atoms with van der Waals surface area (Å²) in [4.78, 5) is 5.50. The van der Waals surface area contributed by atoms with Gasteiger partial charge in [-0.1, -0.05) is 6.08 Å². The molecule has 0 aromatic heterocycles. The van der Waals surface area contributed by atoms with Crippen molar-refractivity contribution < 1.29 is 19.0 Å². The third-order valence-electron chi connectivity index (χ3n) is 2.93. The second-order valence-corrected chi connectivity index (χ2v) is 4.34. The molecule has 0 amide bonds. The Hall–Kier alpha value is -2.56. The standard InChI is InChI=1S/C16H19NO4/c1-17-9-5-6-13(21-17)8-7-12-10-14(18-2)16(20-4)15(11-12)19-3/h5-11H,1-4H3/b8-7-. The molecule has 1 aliphatic heterocycles. The van der Waals surface area contributed by atoms with E-state index in [4.69, 9.17) is 19.0 Å².